The summed E-state index contributed by atoms with van der Waals surface area (Å²) in [4.78, 5) is 13.7. The summed E-state index contributed by atoms with van der Waals surface area (Å²) >= 11 is 0. The van der Waals surface area contributed by atoms with E-state index in [0.717, 1.165) is 16.5 Å². The van der Waals surface area contributed by atoms with E-state index in [9.17, 15) is 13.2 Å². The Morgan fingerprint density at radius 1 is 1.20 bits per heavy atom. The van der Waals surface area contributed by atoms with E-state index in [0.29, 0.717) is 5.52 Å². The van der Waals surface area contributed by atoms with Gasteiger partial charge in [0.25, 0.3) is 0 Å². The molecule has 4 rings (SSSR count). The number of fused-ring (bicyclic) bond motifs is 2. The van der Waals surface area contributed by atoms with Crippen molar-refractivity contribution < 1.29 is 12.8 Å². The van der Waals surface area contributed by atoms with Gasteiger partial charge in [0.05, 0.1) is 10.4 Å². The van der Waals surface area contributed by atoms with Crippen LogP contribution in [0.4, 0.5) is 0 Å². The van der Waals surface area contributed by atoms with Crippen molar-refractivity contribution in [3.05, 3.63) is 64.8 Å². The Hall–Kier alpha value is -2.84. The lowest BCUT2D eigenvalue weighted by molar-refractivity contribution is 0.553. The number of hydrogen-bond donors (Lipinski definition) is 2. The van der Waals surface area contributed by atoms with Crippen LogP contribution >= 0.6 is 0 Å². The monoisotopic (exact) mass is 357 g/mol. The third-order valence-corrected chi connectivity index (χ3v) is 5.53. The molecule has 128 valence electrons. The lowest BCUT2D eigenvalue weighted by Gasteiger charge is -2.06. The predicted octanol–water partition coefficient (Wildman–Crippen LogP) is 2.09. The van der Waals surface area contributed by atoms with Crippen LogP contribution in [0.5, 0.6) is 0 Å². The van der Waals surface area contributed by atoms with Gasteiger partial charge in [0.1, 0.15) is 0 Å². The summed E-state index contributed by atoms with van der Waals surface area (Å²) in [5.74, 6) is -0.617. The van der Waals surface area contributed by atoms with Crippen LogP contribution in [0.15, 0.2) is 62.8 Å². The van der Waals surface area contributed by atoms with E-state index in [4.69, 9.17) is 4.42 Å². The van der Waals surface area contributed by atoms with Gasteiger partial charge >= 0.3 is 5.76 Å². The highest BCUT2D eigenvalue weighted by molar-refractivity contribution is 7.89. The number of nitrogens with one attached hydrogen (secondary N) is 2. The molecule has 0 aliphatic heterocycles. The maximum atomic E-state index is 12.6. The van der Waals surface area contributed by atoms with Gasteiger partial charge in [0, 0.05) is 36.8 Å². The van der Waals surface area contributed by atoms with Gasteiger partial charge in [-0.15, -0.1) is 0 Å². The van der Waals surface area contributed by atoms with E-state index in [1.54, 1.807) is 0 Å². The normalized spacial score (nSPS) is 12.2. The molecule has 0 fully saturated rings. The standard InChI is InChI=1S/C17H15N3O4S/c1-20-10-11(13-4-2-3-5-15(13)20)9-18-25(22,23)12-6-7-14-16(8-12)24-17(21)19-14/h2-8,10,18H,9H2,1H3,(H,19,21). The van der Waals surface area contributed by atoms with Crippen LogP contribution in [0.1, 0.15) is 5.56 Å². The molecule has 0 bridgehead atoms. The van der Waals surface area contributed by atoms with Crippen LogP contribution in [-0.4, -0.2) is 18.0 Å². The molecule has 0 saturated heterocycles. The summed E-state index contributed by atoms with van der Waals surface area (Å²) in [6.45, 7) is 0.165. The van der Waals surface area contributed by atoms with Crippen molar-refractivity contribution in [1.82, 2.24) is 14.3 Å². The number of nitrogens with zero attached hydrogens (tertiary/aromatic N) is 1. The van der Waals surface area contributed by atoms with Gasteiger partial charge in [-0.2, -0.15) is 0 Å². The van der Waals surface area contributed by atoms with Crippen molar-refractivity contribution in [2.24, 2.45) is 7.05 Å². The van der Waals surface area contributed by atoms with Crippen LogP contribution in [0, 0.1) is 0 Å². The SMILES string of the molecule is Cn1cc(CNS(=O)(=O)c2ccc3[nH]c(=O)oc3c2)c2ccccc21. The van der Waals surface area contributed by atoms with Gasteiger partial charge in [-0.25, -0.2) is 17.9 Å². The fourth-order valence-corrected chi connectivity index (χ4v) is 3.94. The summed E-state index contributed by atoms with van der Waals surface area (Å²) in [5.41, 5.74) is 2.58. The molecule has 0 radical (unpaired) electrons. The first-order valence-corrected chi connectivity index (χ1v) is 9.08. The van der Waals surface area contributed by atoms with E-state index < -0.39 is 15.8 Å². The molecule has 4 aromatic rings. The van der Waals surface area contributed by atoms with E-state index in [1.807, 2.05) is 42.1 Å². The Labute approximate surface area is 142 Å². The number of rotatable bonds is 4. The lowest BCUT2D eigenvalue weighted by Crippen LogP contribution is -2.23. The Morgan fingerprint density at radius 3 is 2.84 bits per heavy atom. The van der Waals surface area contributed by atoms with Gasteiger partial charge in [-0.1, -0.05) is 18.2 Å². The minimum absolute atomic E-state index is 0.0444. The van der Waals surface area contributed by atoms with Crippen molar-refractivity contribution in [2.45, 2.75) is 11.4 Å². The second-order valence-electron chi connectivity index (χ2n) is 5.78. The molecule has 8 heteroatoms. The number of H-pyrrole nitrogens is 1. The minimum Gasteiger partial charge on any atom is -0.408 e. The largest absolute Gasteiger partial charge is 0.417 e. The number of aryl methyl sites for hydroxylation is 1. The first-order chi connectivity index (χ1) is 11.9. The summed E-state index contributed by atoms with van der Waals surface area (Å²) in [5, 5.41) is 1.000. The third kappa shape index (κ3) is 2.75. The number of hydrogen-bond acceptors (Lipinski definition) is 4. The molecule has 0 saturated carbocycles. The summed E-state index contributed by atoms with van der Waals surface area (Å²) in [6, 6.07) is 12.1. The second-order valence-corrected chi connectivity index (χ2v) is 7.55. The zero-order valence-corrected chi connectivity index (χ0v) is 14.1. The molecule has 2 aromatic carbocycles. The molecule has 0 atom stereocenters. The van der Waals surface area contributed by atoms with Crippen molar-refractivity contribution >= 4 is 32.0 Å². The number of benzene rings is 2. The molecular weight excluding hydrogens is 342 g/mol. The smallest absolute Gasteiger partial charge is 0.408 e. The van der Waals surface area contributed by atoms with Crippen molar-refractivity contribution in [3.8, 4) is 0 Å². The molecule has 0 aliphatic rings. The number of oxazole rings is 1. The predicted molar refractivity (Wildman–Crippen MR) is 93.8 cm³/mol. The van der Waals surface area contributed by atoms with Crippen molar-refractivity contribution in [2.75, 3.05) is 0 Å². The molecular formula is C17H15N3O4S. The molecule has 0 amide bonds. The van der Waals surface area contributed by atoms with Crippen LogP contribution in [-0.2, 0) is 23.6 Å². The van der Waals surface area contributed by atoms with Crippen molar-refractivity contribution in [1.29, 1.82) is 0 Å². The second kappa shape index (κ2) is 5.61. The van der Waals surface area contributed by atoms with E-state index >= 15 is 0 Å². The third-order valence-electron chi connectivity index (χ3n) is 4.13. The van der Waals surface area contributed by atoms with E-state index in [-0.39, 0.29) is 17.0 Å². The number of aromatic nitrogens is 2. The molecule has 7 nitrogen and oxygen atoms in total. The molecule has 0 unspecified atom stereocenters. The van der Waals surface area contributed by atoms with Gasteiger partial charge in [0.2, 0.25) is 10.0 Å². The van der Waals surface area contributed by atoms with Gasteiger partial charge in [-0.05, 0) is 23.8 Å². The highest BCUT2D eigenvalue weighted by Crippen LogP contribution is 2.21. The molecule has 2 heterocycles. The topological polar surface area (TPSA) is 97.1 Å². The quantitative estimate of drug-likeness (QED) is 0.584. The minimum atomic E-state index is -3.74. The Kier molecular flexibility index (Phi) is 3.52. The van der Waals surface area contributed by atoms with Crippen LogP contribution in [0.2, 0.25) is 0 Å². The molecule has 2 aromatic heterocycles. The Morgan fingerprint density at radius 2 is 2.00 bits per heavy atom. The fourth-order valence-electron chi connectivity index (χ4n) is 2.92. The van der Waals surface area contributed by atoms with E-state index in [2.05, 4.69) is 9.71 Å². The zero-order chi connectivity index (χ0) is 17.6. The first-order valence-electron chi connectivity index (χ1n) is 7.59. The fraction of sp³-hybridized carbons (Fsp3) is 0.118. The first kappa shape index (κ1) is 15.7. The maximum Gasteiger partial charge on any atom is 0.417 e. The van der Waals surface area contributed by atoms with Crippen LogP contribution in [0.3, 0.4) is 0 Å². The number of aromatic amines is 1. The highest BCUT2D eigenvalue weighted by Gasteiger charge is 2.17. The van der Waals surface area contributed by atoms with Crippen molar-refractivity contribution in [3.63, 3.8) is 0 Å². The van der Waals surface area contributed by atoms with Gasteiger partial charge in [0.15, 0.2) is 5.58 Å². The van der Waals surface area contributed by atoms with Crippen LogP contribution < -0.4 is 10.5 Å². The van der Waals surface area contributed by atoms with E-state index in [1.165, 1.54) is 18.2 Å². The maximum absolute atomic E-state index is 12.6. The highest BCUT2D eigenvalue weighted by atomic mass is 32.2. The Balaban J connectivity index is 1.65. The molecule has 25 heavy (non-hydrogen) atoms. The average molecular weight is 357 g/mol. The average Bonchev–Trinajstić information content (AvgIpc) is 3.12. The zero-order valence-electron chi connectivity index (χ0n) is 13.3. The summed E-state index contributed by atoms with van der Waals surface area (Å²) < 4.78 is 34.6. The lowest BCUT2D eigenvalue weighted by atomic mass is 10.2. The van der Waals surface area contributed by atoms with Gasteiger partial charge in [-0.3, -0.25) is 4.98 Å². The van der Waals surface area contributed by atoms with Gasteiger partial charge < -0.3 is 8.98 Å². The summed E-state index contributed by atoms with van der Waals surface area (Å²) in [6.07, 6.45) is 1.90. The Bertz CT molecular complexity index is 1250. The molecule has 0 spiro atoms. The molecule has 2 N–H and O–H groups in total. The number of sulfonamides is 1. The molecule has 0 aliphatic carbocycles. The number of para-hydroxylation sites is 1. The van der Waals surface area contributed by atoms with Crippen LogP contribution in [0.25, 0.3) is 22.0 Å². The summed E-state index contributed by atoms with van der Waals surface area (Å²) in [7, 11) is -1.82.